The second-order valence-electron chi connectivity index (χ2n) is 5.57. The minimum absolute atomic E-state index is 0. The van der Waals surface area contributed by atoms with Crippen LogP contribution in [0.5, 0.6) is 0 Å². The van der Waals surface area contributed by atoms with Crippen LogP contribution in [0.3, 0.4) is 0 Å². The fourth-order valence-electron chi connectivity index (χ4n) is 2.55. The molecule has 5 rings (SSSR count). The molecule has 0 saturated carbocycles. The van der Waals surface area contributed by atoms with Crippen molar-refractivity contribution in [2.45, 2.75) is 0 Å². The minimum Gasteiger partial charge on any atom is -0.316 e. The smallest absolute Gasteiger partial charge is 0.126 e. The van der Waals surface area contributed by atoms with Crippen LogP contribution < -0.4 is 0 Å². The first-order valence-corrected chi connectivity index (χ1v) is 8.28. The molecule has 0 spiro atoms. The second kappa shape index (κ2) is 9.08. The number of fused-ring (bicyclic) bond motifs is 1. The molecule has 5 heteroatoms. The Labute approximate surface area is 171 Å². The number of para-hydroxylation sites is 1. The third kappa shape index (κ3) is 4.59. The largest absolute Gasteiger partial charge is 0.316 e. The topological polar surface area (TPSA) is 35.1 Å². The monoisotopic (exact) mass is 529 g/mol. The first-order valence-electron chi connectivity index (χ1n) is 8.28. The molecule has 3 aromatic heterocycles. The van der Waals surface area contributed by atoms with Crippen LogP contribution in [0.4, 0.5) is 0 Å². The normalized spacial score (nSPS) is 9.93. The Morgan fingerprint density at radius 2 is 1.59 bits per heavy atom. The summed E-state index contributed by atoms with van der Waals surface area (Å²) in [6.07, 6.45) is 7.66. The van der Waals surface area contributed by atoms with Crippen molar-refractivity contribution in [2.75, 3.05) is 0 Å². The summed E-state index contributed by atoms with van der Waals surface area (Å²) in [6, 6.07) is 29.7. The number of imidazole rings is 1. The van der Waals surface area contributed by atoms with Crippen molar-refractivity contribution in [1.29, 1.82) is 0 Å². The van der Waals surface area contributed by atoms with E-state index in [1.165, 1.54) is 0 Å². The average Bonchev–Trinajstić information content (AvgIpc) is 3.40. The molecule has 27 heavy (non-hydrogen) atoms. The van der Waals surface area contributed by atoms with Crippen molar-refractivity contribution >= 4 is 5.65 Å². The molecule has 5 aromatic rings. The molecule has 0 aliphatic carbocycles. The van der Waals surface area contributed by atoms with Crippen LogP contribution in [0, 0.1) is 12.1 Å². The quantitative estimate of drug-likeness (QED) is 0.317. The van der Waals surface area contributed by atoms with E-state index in [0.717, 1.165) is 22.6 Å². The van der Waals surface area contributed by atoms with Gasteiger partial charge in [0.05, 0.1) is 0 Å². The van der Waals surface area contributed by atoms with Crippen LogP contribution in [-0.2, 0) is 20.1 Å². The van der Waals surface area contributed by atoms with Crippen LogP contribution in [0.25, 0.3) is 22.6 Å². The third-order valence-corrected chi connectivity index (χ3v) is 3.79. The van der Waals surface area contributed by atoms with Crippen molar-refractivity contribution in [3.63, 3.8) is 0 Å². The molecule has 135 valence electrons. The predicted octanol–water partition coefficient (Wildman–Crippen LogP) is 4.47. The molecule has 0 atom stereocenters. The van der Waals surface area contributed by atoms with Gasteiger partial charge in [-0.05, 0) is 30.1 Å². The van der Waals surface area contributed by atoms with Gasteiger partial charge in [-0.1, -0.05) is 6.07 Å². The first-order chi connectivity index (χ1) is 12.9. The summed E-state index contributed by atoms with van der Waals surface area (Å²) in [7, 11) is 0. The number of hydrogen-bond donors (Lipinski definition) is 0. The molecule has 2 aromatic carbocycles. The van der Waals surface area contributed by atoms with Crippen LogP contribution >= 0.6 is 0 Å². The van der Waals surface area contributed by atoms with Crippen molar-refractivity contribution in [2.24, 2.45) is 0 Å². The molecule has 0 bridgehead atoms. The molecule has 0 fully saturated rings. The van der Waals surface area contributed by atoms with E-state index in [0.29, 0.717) is 0 Å². The SMILES string of the molecule is [Ir].[c-]1ccccc1-c1cn2ccccc2n1.[c-]1ccccc1-n1cccn1. The van der Waals surface area contributed by atoms with E-state index in [-0.39, 0.29) is 20.1 Å². The maximum atomic E-state index is 4.51. The van der Waals surface area contributed by atoms with Crippen molar-refractivity contribution in [1.82, 2.24) is 19.2 Å². The summed E-state index contributed by atoms with van der Waals surface area (Å²) < 4.78 is 3.79. The first kappa shape index (κ1) is 18.8. The zero-order valence-electron chi connectivity index (χ0n) is 14.4. The number of hydrogen-bond acceptors (Lipinski definition) is 2. The maximum Gasteiger partial charge on any atom is 0.126 e. The van der Waals surface area contributed by atoms with E-state index in [4.69, 9.17) is 0 Å². The Balaban J connectivity index is 0.000000157. The van der Waals surface area contributed by atoms with Gasteiger partial charge in [0.2, 0.25) is 0 Å². The molecule has 1 radical (unpaired) electrons. The van der Waals surface area contributed by atoms with E-state index in [1.807, 2.05) is 95.8 Å². The molecular weight excluding hydrogens is 512 g/mol. The summed E-state index contributed by atoms with van der Waals surface area (Å²) in [5, 5.41) is 4.07. The van der Waals surface area contributed by atoms with E-state index in [9.17, 15) is 0 Å². The summed E-state index contributed by atoms with van der Waals surface area (Å²) in [4.78, 5) is 4.51. The van der Waals surface area contributed by atoms with E-state index < -0.39 is 0 Å². The van der Waals surface area contributed by atoms with Gasteiger partial charge in [-0.15, -0.1) is 42.0 Å². The maximum absolute atomic E-state index is 4.51. The average molecular weight is 529 g/mol. The number of aromatic nitrogens is 4. The van der Waals surface area contributed by atoms with Crippen LogP contribution in [-0.4, -0.2) is 19.2 Å². The predicted molar refractivity (Wildman–Crippen MR) is 102 cm³/mol. The standard InChI is InChI=1S/C13H9N2.C9H7N2.Ir/c1-2-6-11(7-3-1)12-10-15-9-5-4-8-13(15)14-12;1-2-5-9(6-3-1)11-8-4-7-10-11;/h1-6,8-10H;1-5,7-8H;/q2*-1;. The molecule has 3 heterocycles. The van der Waals surface area contributed by atoms with Crippen LogP contribution in [0.2, 0.25) is 0 Å². The molecule has 0 amide bonds. The van der Waals surface area contributed by atoms with Gasteiger partial charge < -0.3 is 4.40 Å². The Hall–Kier alpha value is -3.01. The Kier molecular flexibility index (Phi) is 6.31. The fourth-order valence-corrected chi connectivity index (χ4v) is 2.55. The van der Waals surface area contributed by atoms with E-state index in [1.54, 1.807) is 10.9 Å². The van der Waals surface area contributed by atoms with Crippen molar-refractivity contribution < 1.29 is 20.1 Å². The van der Waals surface area contributed by atoms with Gasteiger partial charge in [0.1, 0.15) is 5.65 Å². The molecule has 0 unspecified atom stereocenters. The summed E-state index contributed by atoms with van der Waals surface area (Å²) in [6.45, 7) is 0. The number of nitrogens with zero attached hydrogens (tertiary/aromatic N) is 4. The van der Waals surface area contributed by atoms with Gasteiger partial charge >= 0.3 is 0 Å². The van der Waals surface area contributed by atoms with Crippen LogP contribution in [0.1, 0.15) is 0 Å². The molecule has 4 nitrogen and oxygen atoms in total. The molecule has 0 aliphatic heterocycles. The fraction of sp³-hybridized carbons (Fsp3) is 0. The van der Waals surface area contributed by atoms with Gasteiger partial charge in [0, 0.05) is 44.4 Å². The number of rotatable bonds is 2. The van der Waals surface area contributed by atoms with Gasteiger partial charge in [-0.2, -0.15) is 29.4 Å². The van der Waals surface area contributed by atoms with Crippen molar-refractivity contribution in [3.8, 4) is 16.9 Å². The molecule has 0 aliphatic rings. The molecule has 0 N–H and O–H groups in total. The Morgan fingerprint density at radius 3 is 2.26 bits per heavy atom. The third-order valence-electron chi connectivity index (χ3n) is 3.79. The molecule has 0 saturated heterocycles. The summed E-state index contributed by atoms with van der Waals surface area (Å²) >= 11 is 0. The summed E-state index contributed by atoms with van der Waals surface area (Å²) in [5.74, 6) is 0. The molecular formula is C22H16IrN4-2. The zero-order valence-corrected chi connectivity index (χ0v) is 16.8. The second-order valence-corrected chi connectivity index (χ2v) is 5.57. The van der Waals surface area contributed by atoms with E-state index in [2.05, 4.69) is 22.2 Å². The van der Waals surface area contributed by atoms with Gasteiger partial charge in [0.15, 0.2) is 0 Å². The Morgan fingerprint density at radius 1 is 0.778 bits per heavy atom. The summed E-state index contributed by atoms with van der Waals surface area (Å²) in [5.41, 5.74) is 3.92. The Bertz CT molecular complexity index is 1040. The van der Waals surface area contributed by atoms with Crippen LogP contribution in [0.15, 0.2) is 97.6 Å². The van der Waals surface area contributed by atoms with E-state index >= 15 is 0 Å². The van der Waals surface area contributed by atoms with Gasteiger partial charge in [-0.3, -0.25) is 9.67 Å². The minimum atomic E-state index is 0. The number of benzene rings is 2. The van der Waals surface area contributed by atoms with Gasteiger partial charge in [0.25, 0.3) is 0 Å². The van der Waals surface area contributed by atoms with Gasteiger partial charge in [-0.25, -0.2) is 0 Å². The number of pyridine rings is 1. The zero-order chi connectivity index (χ0) is 17.6. The van der Waals surface area contributed by atoms with Crippen molar-refractivity contribution in [3.05, 3.63) is 110 Å².